The first-order chi connectivity index (χ1) is 17.2. The molecule has 0 aliphatic carbocycles. The molecule has 13 N–H and O–H groups in total. The minimum Gasteiger partial charge on any atom is -0.480 e. The molecular formula is C18H29N9O10. The molecule has 0 saturated carbocycles. The molecule has 8 amide bonds. The summed E-state index contributed by atoms with van der Waals surface area (Å²) in [6, 6.07) is -3.27. The van der Waals surface area contributed by atoms with Crippen molar-refractivity contribution in [2.24, 2.45) is 17.2 Å². The van der Waals surface area contributed by atoms with E-state index in [0.717, 1.165) is 0 Å². The average molecular weight is 531 g/mol. The maximum absolute atomic E-state index is 12.5. The Labute approximate surface area is 209 Å². The second kappa shape index (κ2) is 16.8. The highest BCUT2D eigenvalue weighted by Gasteiger charge is 2.29. The number of carboxylic acids is 1. The van der Waals surface area contributed by atoms with E-state index in [1.807, 2.05) is 5.32 Å². The van der Waals surface area contributed by atoms with E-state index in [9.17, 15) is 43.2 Å². The zero-order chi connectivity index (χ0) is 28.5. The molecule has 0 aromatic carbocycles. The number of aliphatic carboxylic acids is 1. The smallest absolute Gasteiger partial charge is 0.322 e. The van der Waals surface area contributed by atoms with Gasteiger partial charge in [0.15, 0.2) is 0 Å². The Morgan fingerprint density at radius 2 is 1.00 bits per heavy atom. The molecule has 0 saturated heterocycles. The number of hydrogen-bond acceptors (Lipinski definition) is 10. The van der Waals surface area contributed by atoms with Crippen LogP contribution in [-0.2, 0) is 43.2 Å². The highest BCUT2D eigenvalue weighted by atomic mass is 16.4. The third kappa shape index (κ3) is 15.7. The fourth-order valence-corrected chi connectivity index (χ4v) is 2.36. The Kier molecular flexibility index (Phi) is 14.6. The SMILES string of the molecule is NCC(=O)NCC(=O)NCC(=O)NCC(=O)N[C@@H](CC(N)=O)C(=O)N[C@@H](CC(N)=O)C(=O)NCC(=O)O. The Morgan fingerprint density at radius 3 is 1.43 bits per heavy atom. The number of primary amides is 2. The van der Waals surface area contributed by atoms with Crippen LogP contribution in [0.1, 0.15) is 12.8 Å². The predicted octanol–water partition coefficient (Wildman–Crippen LogP) is -7.79. The molecule has 19 nitrogen and oxygen atoms in total. The van der Waals surface area contributed by atoms with Crippen molar-refractivity contribution in [1.82, 2.24) is 31.9 Å². The monoisotopic (exact) mass is 531 g/mol. The van der Waals surface area contributed by atoms with Crippen molar-refractivity contribution in [3.63, 3.8) is 0 Å². The van der Waals surface area contributed by atoms with Crippen molar-refractivity contribution in [2.75, 3.05) is 32.7 Å². The molecule has 206 valence electrons. The van der Waals surface area contributed by atoms with Gasteiger partial charge in [0.25, 0.3) is 0 Å². The number of hydrogen-bond donors (Lipinski definition) is 10. The summed E-state index contributed by atoms with van der Waals surface area (Å²) in [6.07, 6.45) is -1.47. The van der Waals surface area contributed by atoms with Crippen LogP contribution < -0.4 is 49.1 Å². The van der Waals surface area contributed by atoms with E-state index in [4.69, 9.17) is 22.3 Å². The Hall–Kier alpha value is -4.81. The van der Waals surface area contributed by atoms with Crippen LogP contribution in [0.15, 0.2) is 0 Å². The molecule has 0 unspecified atom stereocenters. The van der Waals surface area contributed by atoms with Gasteiger partial charge in [-0.05, 0) is 0 Å². The van der Waals surface area contributed by atoms with E-state index >= 15 is 0 Å². The summed E-state index contributed by atoms with van der Waals surface area (Å²) in [4.78, 5) is 104. The van der Waals surface area contributed by atoms with Crippen molar-refractivity contribution in [1.29, 1.82) is 0 Å². The van der Waals surface area contributed by atoms with Gasteiger partial charge in [-0.1, -0.05) is 0 Å². The molecule has 0 fully saturated rings. The number of rotatable bonds is 17. The summed E-state index contributed by atoms with van der Waals surface area (Å²) < 4.78 is 0. The van der Waals surface area contributed by atoms with Crippen LogP contribution >= 0.6 is 0 Å². The first kappa shape index (κ1) is 32.2. The quantitative estimate of drug-likeness (QED) is 0.0839. The standard InChI is InChI=1S/C18H29N9O10/c19-3-12(30)22-4-13(31)23-5-14(32)24-6-15(33)26-9(2-11(21)29)18(37)27-8(1-10(20)28)17(36)25-7-16(34)35/h8-9H,1-7,19H2,(H2,20,28)(H2,21,29)(H,22,30)(H,23,31)(H,24,32)(H,25,36)(H,26,33)(H,27,37)(H,34,35)/t8-,9-/m0/s1. The van der Waals surface area contributed by atoms with Gasteiger partial charge in [0.1, 0.15) is 18.6 Å². The second-order valence-electron chi connectivity index (χ2n) is 7.17. The van der Waals surface area contributed by atoms with Crippen LogP contribution in [-0.4, -0.2) is 103 Å². The molecule has 0 heterocycles. The van der Waals surface area contributed by atoms with Crippen molar-refractivity contribution < 1.29 is 48.3 Å². The lowest BCUT2D eigenvalue weighted by molar-refractivity contribution is -0.139. The van der Waals surface area contributed by atoms with E-state index < -0.39 is 104 Å². The van der Waals surface area contributed by atoms with E-state index in [1.165, 1.54) is 0 Å². The number of amides is 8. The van der Waals surface area contributed by atoms with E-state index in [2.05, 4.69) is 26.6 Å². The highest BCUT2D eigenvalue weighted by Crippen LogP contribution is 1.98. The summed E-state index contributed by atoms with van der Waals surface area (Å²) in [5, 5.41) is 21.2. The fourth-order valence-electron chi connectivity index (χ4n) is 2.36. The van der Waals surface area contributed by atoms with Gasteiger partial charge < -0.3 is 54.2 Å². The number of nitrogens with one attached hydrogen (secondary N) is 6. The second-order valence-corrected chi connectivity index (χ2v) is 7.17. The normalized spacial score (nSPS) is 11.6. The van der Waals surface area contributed by atoms with Gasteiger partial charge in [-0.25, -0.2) is 0 Å². The van der Waals surface area contributed by atoms with Crippen LogP contribution in [0.2, 0.25) is 0 Å². The van der Waals surface area contributed by atoms with Crippen LogP contribution in [0.25, 0.3) is 0 Å². The van der Waals surface area contributed by atoms with Gasteiger partial charge in [-0.2, -0.15) is 0 Å². The molecule has 0 radical (unpaired) electrons. The van der Waals surface area contributed by atoms with Gasteiger partial charge in [0, 0.05) is 0 Å². The molecule has 0 aromatic heterocycles. The number of carboxylic acid groups (broad SMARTS) is 1. The average Bonchev–Trinajstić information content (AvgIpc) is 2.81. The van der Waals surface area contributed by atoms with Crippen LogP contribution in [0.4, 0.5) is 0 Å². The van der Waals surface area contributed by atoms with Gasteiger partial charge in [-0.3, -0.25) is 43.2 Å². The predicted molar refractivity (Wildman–Crippen MR) is 120 cm³/mol. The lowest BCUT2D eigenvalue weighted by atomic mass is 10.1. The van der Waals surface area contributed by atoms with Gasteiger partial charge in [0.05, 0.1) is 39.0 Å². The van der Waals surface area contributed by atoms with Gasteiger partial charge >= 0.3 is 5.97 Å². The topological polar surface area (TPSA) is 324 Å². The first-order valence-electron chi connectivity index (χ1n) is 10.4. The largest absolute Gasteiger partial charge is 0.480 e. The summed E-state index contributed by atoms with van der Waals surface area (Å²) in [5.41, 5.74) is 15.2. The molecule has 2 atom stereocenters. The fraction of sp³-hybridized carbons (Fsp3) is 0.500. The van der Waals surface area contributed by atoms with Crippen molar-refractivity contribution in [3.05, 3.63) is 0 Å². The maximum Gasteiger partial charge on any atom is 0.322 e. The van der Waals surface area contributed by atoms with Crippen LogP contribution in [0.3, 0.4) is 0 Å². The minimum absolute atomic E-state index is 0.332. The summed E-state index contributed by atoms with van der Waals surface area (Å²) >= 11 is 0. The first-order valence-corrected chi connectivity index (χ1v) is 10.4. The number of nitrogens with two attached hydrogens (primary N) is 3. The summed E-state index contributed by atoms with van der Waals surface area (Å²) in [5.74, 6) is -8.77. The molecular weight excluding hydrogens is 502 g/mol. The van der Waals surface area contributed by atoms with E-state index in [0.29, 0.717) is 0 Å². The molecule has 0 spiro atoms. The maximum atomic E-state index is 12.5. The molecule has 0 bridgehead atoms. The zero-order valence-electron chi connectivity index (χ0n) is 19.5. The minimum atomic E-state index is -1.64. The van der Waals surface area contributed by atoms with Crippen LogP contribution in [0, 0.1) is 0 Å². The number of carbonyl (C=O) groups is 9. The van der Waals surface area contributed by atoms with E-state index in [-0.39, 0.29) is 6.54 Å². The summed E-state index contributed by atoms with van der Waals surface area (Å²) in [6.45, 7) is -2.85. The molecule has 0 aliphatic rings. The highest BCUT2D eigenvalue weighted by molar-refractivity contribution is 5.97. The third-order valence-electron chi connectivity index (χ3n) is 4.03. The Bertz CT molecular complexity index is 924. The Balaban J connectivity index is 4.93. The Morgan fingerprint density at radius 1 is 0.568 bits per heavy atom. The van der Waals surface area contributed by atoms with E-state index in [1.54, 1.807) is 0 Å². The lowest BCUT2D eigenvalue weighted by Crippen LogP contribution is -2.56. The molecule has 0 aliphatic heterocycles. The molecule has 0 aromatic rings. The molecule has 19 heteroatoms. The third-order valence-corrected chi connectivity index (χ3v) is 4.03. The van der Waals surface area contributed by atoms with Crippen LogP contribution in [0.5, 0.6) is 0 Å². The zero-order valence-corrected chi connectivity index (χ0v) is 19.5. The molecule has 0 rings (SSSR count). The van der Waals surface area contributed by atoms with Gasteiger partial charge in [0.2, 0.25) is 47.3 Å². The van der Waals surface area contributed by atoms with Crippen molar-refractivity contribution in [3.8, 4) is 0 Å². The number of carbonyl (C=O) groups excluding carboxylic acids is 8. The van der Waals surface area contributed by atoms with Gasteiger partial charge in [-0.15, -0.1) is 0 Å². The summed E-state index contributed by atoms with van der Waals surface area (Å²) in [7, 11) is 0. The van der Waals surface area contributed by atoms with Crippen molar-refractivity contribution in [2.45, 2.75) is 24.9 Å². The lowest BCUT2D eigenvalue weighted by Gasteiger charge is -2.21. The molecule has 37 heavy (non-hydrogen) atoms. The van der Waals surface area contributed by atoms with Crippen molar-refractivity contribution >= 4 is 53.2 Å².